The monoisotopic (exact) mass is 406 g/mol. The molecule has 1 aliphatic rings. The molecule has 1 aromatic carbocycles. The molecule has 3 rings (SSSR count). The van der Waals surface area contributed by atoms with Crippen molar-refractivity contribution >= 4 is 21.6 Å². The van der Waals surface area contributed by atoms with Crippen molar-refractivity contribution in [3.63, 3.8) is 0 Å². The van der Waals surface area contributed by atoms with E-state index in [-0.39, 0.29) is 28.3 Å². The van der Waals surface area contributed by atoms with Crippen LogP contribution < -0.4 is 10.0 Å². The Kier molecular flexibility index (Phi) is 5.25. The number of carbonyl (C=O) groups is 1. The Morgan fingerprint density at radius 1 is 1.50 bits per heavy atom. The number of sulfonamides is 1. The summed E-state index contributed by atoms with van der Waals surface area (Å²) in [6.07, 6.45) is 1.06. The first kappa shape index (κ1) is 20.0. The molecule has 1 aliphatic heterocycles. The Bertz CT molecular complexity index is 1090. The Balaban J connectivity index is 1.98. The highest BCUT2D eigenvalue weighted by molar-refractivity contribution is 7.89. The zero-order valence-corrected chi connectivity index (χ0v) is 16.0. The number of carbonyl (C=O) groups excluding carboxylic acids is 1. The topological polar surface area (TPSA) is 124 Å². The molecule has 2 aromatic rings. The van der Waals surface area contributed by atoms with Crippen molar-refractivity contribution in [2.24, 2.45) is 7.05 Å². The first-order valence-corrected chi connectivity index (χ1v) is 10.0. The van der Waals surface area contributed by atoms with Gasteiger partial charge in [-0.1, -0.05) is 0 Å². The van der Waals surface area contributed by atoms with E-state index in [1.165, 1.54) is 29.8 Å². The lowest BCUT2D eigenvalue weighted by Gasteiger charge is -2.18. The Morgan fingerprint density at radius 3 is 2.86 bits per heavy atom. The van der Waals surface area contributed by atoms with Crippen LogP contribution in [0.3, 0.4) is 0 Å². The molecule has 0 saturated heterocycles. The quantitative estimate of drug-likeness (QED) is 0.708. The number of anilines is 1. The molecule has 0 spiro atoms. The number of amides is 1. The predicted octanol–water partition coefficient (Wildman–Crippen LogP) is 1.26. The van der Waals surface area contributed by atoms with Crippen molar-refractivity contribution in [2.45, 2.75) is 36.8 Å². The zero-order chi connectivity index (χ0) is 20.6. The summed E-state index contributed by atoms with van der Waals surface area (Å²) >= 11 is 0. The summed E-state index contributed by atoms with van der Waals surface area (Å²) in [5.74, 6) is -1.28. The number of hydrogen-bond acceptors (Lipinski definition) is 5. The van der Waals surface area contributed by atoms with E-state index in [0.717, 1.165) is 6.07 Å². The van der Waals surface area contributed by atoms with Gasteiger partial charge in [-0.15, -0.1) is 0 Å². The van der Waals surface area contributed by atoms with Gasteiger partial charge in [-0.3, -0.25) is 4.79 Å². The van der Waals surface area contributed by atoms with E-state index in [1.54, 1.807) is 13.1 Å². The summed E-state index contributed by atoms with van der Waals surface area (Å²) in [4.78, 5) is 12.8. The molecule has 1 aromatic heterocycles. The minimum absolute atomic E-state index is 0.0138. The second-order valence-corrected chi connectivity index (χ2v) is 8.38. The highest BCUT2D eigenvalue weighted by atomic mass is 32.2. The smallest absolute Gasteiger partial charge is 0.272 e. The molecule has 2 atom stereocenters. The molecule has 0 saturated carbocycles. The summed E-state index contributed by atoms with van der Waals surface area (Å²) < 4.78 is 42.6. The summed E-state index contributed by atoms with van der Waals surface area (Å²) in [6.45, 7) is 1.50. The van der Waals surface area contributed by atoms with Crippen LogP contribution in [0.15, 0.2) is 29.3 Å². The summed E-state index contributed by atoms with van der Waals surface area (Å²) in [5, 5.41) is 21.3. The van der Waals surface area contributed by atoms with Crippen LogP contribution in [0.5, 0.6) is 0 Å². The molecule has 148 valence electrons. The van der Waals surface area contributed by atoms with Gasteiger partial charge in [0.2, 0.25) is 10.0 Å². The van der Waals surface area contributed by atoms with E-state index in [1.807, 2.05) is 0 Å². The third kappa shape index (κ3) is 3.64. The van der Waals surface area contributed by atoms with Gasteiger partial charge in [-0.25, -0.2) is 17.5 Å². The van der Waals surface area contributed by atoms with Crippen LogP contribution in [0.1, 0.15) is 35.0 Å². The SMILES string of the molecule is C[C@H](O)[C@H]1CCc2c(cn(C)c2C(=O)Nc2ccc(F)c(C#N)c2)S(=O)(=O)N1. The number of benzene rings is 1. The largest absolute Gasteiger partial charge is 0.392 e. The number of aromatic nitrogens is 1. The van der Waals surface area contributed by atoms with Gasteiger partial charge in [-0.05, 0) is 38.0 Å². The first-order valence-electron chi connectivity index (χ1n) is 8.53. The van der Waals surface area contributed by atoms with Gasteiger partial charge in [-0.2, -0.15) is 5.26 Å². The second-order valence-electron chi connectivity index (χ2n) is 6.70. The number of fused-ring (bicyclic) bond motifs is 1. The number of aryl methyl sites for hydroxylation is 1. The highest BCUT2D eigenvalue weighted by Crippen LogP contribution is 2.28. The van der Waals surface area contributed by atoms with Gasteiger partial charge in [0.25, 0.3) is 5.91 Å². The maximum atomic E-state index is 13.5. The van der Waals surface area contributed by atoms with Crippen LogP contribution in [0.2, 0.25) is 0 Å². The maximum absolute atomic E-state index is 13.5. The van der Waals surface area contributed by atoms with Crippen LogP contribution in [-0.4, -0.2) is 36.1 Å². The minimum Gasteiger partial charge on any atom is -0.392 e. The van der Waals surface area contributed by atoms with Crippen molar-refractivity contribution in [3.8, 4) is 6.07 Å². The third-order valence-corrected chi connectivity index (χ3v) is 6.23. The standard InChI is InChI=1S/C18H19FN4O4S/c1-10(24)15-6-4-13-16(28(26,27)22-15)9-23(2)17(13)18(25)21-12-3-5-14(19)11(7-12)8-20/h3,5,7,9-10,15,22,24H,4,6H2,1-2H3,(H,21,25)/t10-,15+/m0/s1. The van der Waals surface area contributed by atoms with E-state index < -0.39 is 33.9 Å². The van der Waals surface area contributed by atoms with Gasteiger partial charge < -0.3 is 15.0 Å². The second kappa shape index (κ2) is 7.35. The average Bonchev–Trinajstić information content (AvgIpc) is 2.90. The van der Waals surface area contributed by atoms with Crippen molar-refractivity contribution in [1.29, 1.82) is 5.26 Å². The fraction of sp³-hybridized carbons (Fsp3) is 0.333. The summed E-state index contributed by atoms with van der Waals surface area (Å²) in [6, 6.07) is 4.63. The molecule has 0 fully saturated rings. The van der Waals surface area contributed by atoms with Crippen LogP contribution in [-0.2, 0) is 23.5 Å². The zero-order valence-electron chi connectivity index (χ0n) is 15.2. The maximum Gasteiger partial charge on any atom is 0.272 e. The van der Waals surface area contributed by atoms with Crippen molar-refractivity contribution in [1.82, 2.24) is 9.29 Å². The highest BCUT2D eigenvalue weighted by Gasteiger charge is 2.34. The van der Waals surface area contributed by atoms with Crippen LogP contribution in [0, 0.1) is 17.1 Å². The fourth-order valence-electron chi connectivity index (χ4n) is 3.26. The number of nitriles is 1. The van der Waals surface area contributed by atoms with Crippen LogP contribution >= 0.6 is 0 Å². The van der Waals surface area contributed by atoms with Crippen LogP contribution in [0.25, 0.3) is 0 Å². The van der Waals surface area contributed by atoms with E-state index in [2.05, 4.69) is 10.0 Å². The number of halogens is 1. The van der Waals surface area contributed by atoms with Gasteiger partial charge in [0.1, 0.15) is 22.5 Å². The predicted molar refractivity (Wildman–Crippen MR) is 98.6 cm³/mol. The molecule has 2 heterocycles. The van der Waals surface area contributed by atoms with Crippen LogP contribution in [0.4, 0.5) is 10.1 Å². The number of rotatable bonds is 3. The fourth-order valence-corrected chi connectivity index (χ4v) is 4.92. The third-order valence-electron chi connectivity index (χ3n) is 4.69. The Morgan fingerprint density at radius 2 is 2.21 bits per heavy atom. The van der Waals surface area contributed by atoms with Crippen molar-refractivity contribution in [2.75, 3.05) is 5.32 Å². The van der Waals surface area contributed by atoms with Gasteiger partial charge in [0.15, 0.2) is 0 Å². The molecule has 28 heavy (non-hydrogen) atoms. The first-order chi connectivity index (χ1) is 13.1. The molecule has 10 heteroatoms. The van der Waals surface area contributed by atoms with Crippen molar-refractivity contribution in [3.05, 3.63) is 47.0 Å². The molecule has 0 unspecified atom stereocenters. The van der Waals surface area contributed by atoms with E-state index in [9.17, 15) is 22.7 Å². The molecule has 0 radical (unpaired) electrons. The Labute approximate surface area is 161 Å². The van der Waals surface area contributed by atoms with E-state index >= 15 is 0 Å². The van der Waals surface area contributed by atoms with E-state index in [0.29, 0.717) is 12.0 Å². The molecule has 0 bridgehead atoms. The van der Waals surface area contributed by atoms with Crippen molar-refractivity contribution < 1.29 is 22.7 Å². The number of aliphatic hydroxyl groups is 1. The number of nitrogens with one attached hydrogen (secondary N) is 2. The molecular formula is C18H19FN4O4S. The molecular weight excluding hydrogens is 387 g/mol. The molecule has 8 nitrogen and oxygen atoms in total. The summed E-state index contributed by atoms with van der Waals surface area (Å²) in [5.41, 5.74) is 0.497. The number of nitrogens with zero attached hydrogens (tertiary/aromatic N) is 2. The lowest BCUT2D eigenvalue weighted by molar-refractivity contribution is 0.101. The normalized spacial score (nSPS) is 19.2. The van der Waals surface area contributed by atoms with Gasteiger partial charge in [0, 0.05) is 30.5 Å². The van der Waals surface area contributed by atoms with Gasteiger partial charge in [0.05, 0.1) is 11.7 Å². The lowest BCUT2D eigenvalue weighted by Crippen LogP contribution is -2.40. The number of aliphatic hydroxyl groups excluding tert-OH is 1. The molecule has 0 aliphatic carbocycles. The average molecular weight is 406 g/mol. The van der Waals surface area contributed by atoms with E-state index in [4.69, 9.17) is 5.26 Å². The Hall–Kier alpha value is -2.74. The molecule has 1 amide bonds. The van der Waals surface area contributed by atoms with Gasteiger partial charge >= 0.3 is 0 Å². The minimum atomic E-state index is -3.90. The number of hydrogen-bond donors (Lipinski definition) is 3. The lowest BCUT2D eigenvalue weighted by atomic mass is 10.0. The molecule has 3 N–H and O–H groups in total. The summed E-state index contributed by atoms with van der Waals surface area (Å²) in [7, 11) is -2.35.